The van der Waals surface area contributed by atoms with Crippen LogP contribution < -0.4 is 5.32 Å². The van der Waals surface area contributed by atoms with E-state index in [1.54, 1.807) is 0 Å². The van der Waals surface area contributed by atoms with Gasteiger partial charge in [-0.25, -0.2) is 0 Å². The smallest absolute Gasteiger partial charge is 0.167 e. The lowest BCUT2D eigenvalue weighted by molar-refractivity contribution is 0.609. The van der Waals surface area contributed by atoms with Crippen LogP contribution in [0.2, 0.25) is 0 Å². The number of nitrogens with zero attached hydrogens (tertiary/aromatic N) is 6. The fourth-order valence-corrected chi connectivity index (χ4v) is 3.26. The monoisotopic (exact) mass is 325 g/mol. The average molecular weight is 325 g/mol. The number of nitriles is 1. The van der Waals surface area contributed by atoms with Crippen LogP contribution in [0.25, 0.3) is 0 Å². The van der Waals surface area contributed by atoms with E-state index >= 15 is 0 Å². The molecule has 3 heterocycles. The Balaban J connectivity index is 1.83. The van der Waals surface area contributed by atoms with Crippen molar-refractivity contribution in [3.8, 4) is 6.07 Å². The van der Waals surface area contributed by atoms with E-state index in [2.05, 4.69) is 36.3 Å². The summed E-state index contributed by atoms with van der Waals surface area (Å²) in [6.07, 6.45) is 6.11. The van der Waals surface area contributed by atoms with Gasteiger partial charge in [-0.15, -0.1) is 15.3 Å². The molecular formula is C17H23N7. The molecule has 0 spiro atoms. The maximum Gasteiger partial charge on any atom is 0.167 e. The second kappa shape index (κ2) is 7.39. The van der Waals surface area contributed by atoms with E-state index in [0.29, 0.717) is 17.9 Å². The fourth-order valence-electron chi connectivity index (χ4n) is 3.26. The third-order valence-electron chi connectivity index (χ3n) is 4.56. The van der Waals surface area contributed by atoms with E-state index in [-0.39, 0.29) is 0 Å². The van der Waals surface area contributed by atoms with Gasteiger partial charge in [0.05, 0.1) is 12.2 Å². The molecule has 1 aliphatic heterocycles. The number of hydrogen-bond acceptors (Lipinski definition) is 6. The topological polar surface area (TPSA) is 92.3 Å². The van der Waals surface area contributed by atoms with Gasteiger partial charge >= 0.3 is 0 Å². The predicted molar refractivity (Wildman–Crippen MR) is 90.4 cm³/mol. The van der Waals surface area contributed by atoms with E-state index in [0.717, 1.165) is 55.1 Å². The molecule has 0 bridgehead atoms. The average Bonchev–Trinajstić information content (AvgIpc) is 2.85. The highest BCUT2D eigenvalue weighted by molar-refractivity contribution is 5.56. The number of aryl methyl sites for hydroxylation is 2. The molecule has 2 aromatic rings. The Hall–Kier alpha value is -2.49. The molecule has 0 amide bonds. The zero-order valence-electron chi connectivity index (χ0n) is 14.3. The van der Waals surface area contributed by atoms with Crippen molar-refractivity contribution in [2.24, 2.45) is 0 Å². The van der Waals surface area contributed by atoms with Crippen molar-refractivity contribution in [2.75, 3.05) is 5.32 Å². The van der Waals surface area contributed by atoms with E-state index < -0.39 is 0 Å². The van der Waals surface area contributed by atoms with Gasteiger partial charge in [0, 0.05) is 13.0 Å². The van der Waals surface area contributed by atoms with Crippen LogP contribution in [0.4, 0.5) is 5.82 Å². The van der Waals surface area contributed by atoms with Crippen LogP contribution in [-0.4, -0.2) is 25.0 Å². The zero-order chi connectivity index (χ0) is 16.9. The summed E-state index contributed by atoms with van der Waals surface area (Å²) in [4.78, 5) is 0. The van der Waals surface area contributed by atoms with Gasteiger partial charge in [0.1, 0.15) is 17.5 Å². The number of fused-ring (bicyclic) bond motifs is 1. The lowest BCUT2D eigenvalue weighted by Gasteiger charge is -2.12. The van der Waals surface area contributed by atoms with Gasteiger partial charge in [0.25, 0.3) is 0 Å². The third-order valence-corrected chi connectivity index (χ3v) is 4.56. The highest BCUT2D eigenvalue weighted by atomic mass is 15.3. The van der Waals surface area contributed by atoms with Gasteiger partial charge < -0.3 is 9.88 Å². The molecule has 0 radical (unpaired) electrons. The molecule has 0 saturated carbocycles. The highest BCUT2D eigenvalue weighted by Gasteiger charge is 2.17. The molecule has 0 aromatic carbocycles. The Kier molecular flexibility index (Phi) is 5.04. The van der Waals surface area contributed by atoms with Crippen molar-refractivity contribution in [1.82, 2.24) is 25.0 Å². The van der Waals surface area contributed by atoms with Crippen molar-refractivity contribution in [3.05, 3.63) is 28.5 Å². The molecule has 1 aliphatic rings. The SMILES string of the molecule is CCc1nnc(NCc2nnc3n2CCCCC3)c(C#N)c1CC. The predicted octanol–water partition coefficient (Wildman–Crippen LogP) is 2.40. The molecule has 1 N–H and O–H groups in total. The summed E-state index contributed by atoms with van der Waals surface area (Å²) in [6.45, 7) is 5.54. The minimum absolute atomic E-state index is 0.505. The Morgan fingerprint density at radius 3 is 2.71 bits per heavy atom. The second-order valence-corrected chi connectivity index (χ2v) is 6.02. The van der Waals surface area contributed by atoms with Gasteiger partial charge in [0.2, 0.25) is 0 Å². The molecular weight excluding hydrogens is 302 g/mol. The van der Waals surface area contributed by atoms with Crippen molar-refractivity contribution in [2.45, 2.75) is 65.5 Å². The highest BCUT2D eigenvalue weighted by Crippen LogP contribution is 2.21. The van der Waals surface area contributed by atoms with Crippen LogP contribution in [-0.2, 0) is 32.4 Å². The standard InChI is InChI=1S/C17H23N7/c1-3-12-13(10-18)17(23-20-14(12)4-2)19-11-16-22-21-15-8-6-5-7-9-24(15)16/h3-9,11H2,1-2H3,(H,19,23). The first-order valence-electron chi connectivity index (χ1n) is 8.71. The fraction of sp³-hybridized carbons (Fsp3) is 0.588. The van der Waals surface area contributed by atoms with Gasteiger partial charge in [-0.1, -0.05) is 20.3 Å². The lowest BCUT2D eigenvalue weighted by Crippen LogP contribution is -2.13. The van der Waals surface area contributed by atoms with Gasteiger partial charge in [0.15, 0.2) is 11.6 Å². The van der Waals surface area contributed by atoms with E-state index in [4.69, 9.17) is 0 Å². The molecule has 3 rings (SSSR count). The Morgan fingerprint density at radius 1 is 1.08 bits per heavy atom. The van der Waals surface area contributed by atoms with Gasteiger partial charge in [-0.3, -0.25) is 0 Å². The zero-order valence-corrected chi connectivity index (χ0v) is 14.3. The molecule has 126 valence electrons. The van der Waals surface area contributed by atoms with E-state index in [1.165, 1.54) is 12.8 Å². The number of nitrogens with one attached hydrogen (secondary N) is 1. The quantitative estimate of drug-likeness (QED) is 0.907. The van der Waals surface area contributed by atoms with E-state index in [9.17, 15) is 5.26 Å². The largest absolute Gasteiger partial charge is 0.360 e. The number of aromatic nitrogens is 5. The molecule has 7 heteroatoms. The van der Waals surface area contributed by atoms with Crippen LogP contribution in [0.5, 0.6) is 0 Å². The lowest BCUT2D eigenvalue weighted by atomic mass is 10.0. The van der Waals surface area contributed by atoms with Crippen LogP contribution in [0.15, 0.2) is 0 Å². The summed E-state index contributed by atoms with van der Waals surface area (Å²) in [5.41, 5.74) is 2.48. The van der Waals surface area contributed by atoms with Crippen LogP contribution in [0.3, 0.4) is 0 Å². The van der Waals surface area contributed by atoms with E-state index in [1.807, 2.05) is 13.8 Å². The molecule has 7 nitrogen and oxygen atoms in total. The summed E-state index contributed by atoms with van der Waals surface area (Å²) in [7, 11) is 0. The maximum absolute atomic E-state index is 9.55. The number of hydrogen-bond donors (Lipinski definition) is 1. The first-order valence-corrected chi connectivity index (χ1v) is 8.71. The summed E-state index contributed by atoms with van der Waals surface area (Å²) >= 11 is 0. The third kappa shape index (κ3) is 3.09. The maximum atomic E-state index is 9.55. The summed E-state index contributed by atoms with van der Waals surface area (Å²) < 4.78 is 2.20. The summed E-state index contributed by atoms with van der Waals surface area (Å²) in [5.74, 6) is 2.50. The molecule has 0 unspecified atom stereocenters. The molecule has 0 fully saturated rings. The Labute approximate surface area is 142 Å². The minimum Gasteiger partial charge on any atom is -0.360 e. The van der Waals surface area contributed by atoms with Crippen molar-refractivity contribution in [1.29, 1.82) is 5.26 Å². The molecule has 0 atom stereocenters. The van der Waals surface area contributed by atoms with Crippen molar-refractivity contribution in [3.63, 3.8) is 0 Å². The second-order valence-electron chi connectivity index (χ2n) is 6.02. The number of anilines is 1. The molecule has 0 saturated heterocycles. The van der Waals surface area contributed by atoms with Gasteiger partial charge in [-0.05, 0) is 31.2 Å². The first-order chi connectivity index (χ1) is 11.8. The summed E-state index contributed by atoms with van der Waals surface area (Å²) in [5, 5.41) is 29.9. The van der Waals surface area contributed by atoms with Crippen molar-refractivity contribution >= 4 is 5.82 Å². The van der Waals surface area contributed by atoms with Crippen LogP contribution in [0, 0.1) is 11.3 Å². The Bertz CT molecular complexity index is 757. The first kappa shape index (κ1) is 16.4. The van der Waals surface area contributed by atoms with Crippen molar-refractivity contribution < 1.29 is 0 Å². The summed E-state index contributed by atoms with van der Waals surface area (Å²) in [6, 6.07) is 2.28. The molecule has 2 aromatic heterocycles. The minimum atomic E-state index is 0.505. The Morgan fingerprint density at radius 2 is 1.96 bits per heavy atom. The van der Waals surface area contributed by atoms with Crippen LogP contribution in [0.1, 0.15) is 61.6 Å². The number of rotatable bonds is 5. The van der Waals surface area contributed by atoms with Gasteiger partial charge in [-0.2, -0.15) is 10.4 Å². The molecule has 0 aliphatic carbocycles. The normalized spacial score (nSPS) is 13.9. The van der Waals surface area contributed by atoms with Crippen LogP contribution >= 0.6 is 0 Å². The molecule has 24 heavy (non-hydrogen) atoms.